The van der Waals surface area contributed by atoms with Crippen molar-refractivity contribution in [3.05, 3.63) is 0 Å². The molecule has 6 heteroatoms. The normalized spacial score (nSPS) is 12.6. The van der Waals surface area contributed by atoms with Crippen molar-refractivity contribution in [1.29, 1.82) is 0 Å². The molecule has 96 valence electrons. The first-order valence-corrected chi connectivity index (χ1v) is 4.99. The van der Waals surface area contributed by atoms with Crippen LogP contribution in [0.4, 0.5) is 8.78 Å². The highest BCUT2D eigenvalue weighted by Crippen LogP contribution is 2.20. The van der Waals surface area contributed by atoms with Crippen molar-refractivity contribution in [3.63, 3.8) is 0 Å². The molecule has 0 aromatic carbocycles. The topological polar surface area (TPSA) is 44.8 Å². The molecule has 0 atom stereocenters. The van der Waals surface area contributed by atoms with E-state index in [1.54, 1.807) is 13.8 Å². The van der Waals surface area contributed by atoms with Gasteiger partial charge < -0.3 is 14.2 Å². The van der Waals surface area contributed by atoms with E-state index in [-0.39, 0.29) is 19.6 Å². The predicted molar refractivity (Wildman–Crippen MR) is 53.2 cm³/mol. The van der Waals surface area contributed by atoms with E-state index in [4.69, 9.17) is 4.74 Å². The third-order valence-corrected chi connectivity index (χ3v) is 2.05. The summed E-state index contributed by atoms with van der Waals surface area (Å²) in [6.45, 7) is 4.52. The Kier molecular flexibility index (Phi) is 5.81. The highest BCUT2D eigenvalue weighted by atomic mass is 19.3. The smallest absolute Gasteiger partial charge is 0.456 e. The van der Waals surface area contributed by atoms with Crippen LogP contribution in [-0.4, -0.2) is 38.0 Å². The molecule has 16 heavy (non-hydrogen) atoms. The zero-order chi connectivity index (χ0) is 12.8. The van der Waals surface area contributed by atoms with Crippen molar-refractivity contribution in [1.82, 2.24) is 0 Å². The highest BCUT2D eigenvalue weighted by molar-refractivity contribution is 5.75. The Bertz CT molecular complexity index is 229. The second-order valence-corrected chi connectivity index (χ2v) is 3.80. The van der Waals surface area contributed by atoms with Gasteiger partial charge in [-0.15, -0.1) is 0 Å². The van der Waals surface area contributed by atoms with Crippen LogP contribution in [0.25, 0.3) is 0 Å². The molecule has 0 amide bonds. The number of carbonyl (C=O) groups is 1. The summed E-state index contributed by atoms with van der Waals surface area (Å²) >= 11 is 0. The van der Waals surface area contributed by atoms with Crippen LogP contribution in [0, 0.1) is 0 Å². The summed E-state index contributed by atoms with van der Waals surface area (Å²) in [5, 5.41) is 0. The number of ether oxygens (including phenoxy) is 3. The van der Waals surface area contributed by atoms with E-state index < -0.39 is 17.7 Å². The van der Waals surface area contributed by atoms with Gasteiger partial charge in [-0.3, -0.25) is 0 Å². The Hall–Kier alpha value is -0.750. The first kappa shape index (κ1) is 15.2. The zero-order valence-electron chi connectivity index (χ0n) is 10.0. The average Bonchev–Trinajstić information content (AvgIpc) is 2.17. The fraction of sp³-hybridized carbons (Fsp3) is 0.900. The van der Waals surface area contributed by atoms with E-state index in [2.05, 4.69) is 9.47 Å². The number of esters is 1. The van der Waals surface area contributed by atoms with Crippen molar-refractivity contribution < 1.29 is 27.8 Å². The van der Waals surface area contributed by atoms with Gasteiger partial charge in [-0.05, 0) is 27.2 Å². The van der Waals surface area contributed by atoms with E-state index in [0.717, 1.165) is 0 Å². The summed E-state index contributed by atoms with van der Waals surface area (Å²) in [7, 11) is 1.48. The number of hydrogen-bond acceptors (Lipinski definition) is 4. The molecule has 0 radical (unpaired) electrons. The summed E-state index contributed by atoms with van der Waals surface area (Å²) in [4.78, 5) is 10.8. The number of alkyl halides is 2. The van der Waals surface area contributed by atoms with Crippen LogP contribution in [0.2, 0.25) is 0 Å². The fourth-order valence-corrected chi connectivity index (χ4v) is 0.801. The fourth-order valence-electron chi connectivity index (χ4n) is 0.801. The number of rotatable bonds is 7. The largest absolute Gasteiger partial charge is 0.460 e. The maximum absolute atomic E-state index is 12.9. The minimum Gasteiger partial charge on any atom is -0.460 e. The molecule has 0 aliphatic carbocycles. The van der Waals surface area contributed by atoms with Gasteiger partial charge >= 0.3 is 12.1 Å². The van der Waals surface area contributed by atoms with Gasteiger partial charge in [0, 0.05) is 7.11 Å². The van der Waals surface area contributed by atoms with Gasteiger partial charge in [-0.1, -0.05) is 0 Å². The Balaban J connectivity index is 4.04. The van der Waals surface area contributed by atoms with Crippen LogP contribution in [0.5, 0.6) is 0 Å². The molecule has 0 aromatic heterocycles. The molecular weight excluding hydrogens is 222 g/mol. The molecular formula is C10H18F2O4. The first-order valence-electron chi connectivity index (χ1n) is 4.99. The van der Waals surface area contributed by atoms with Crippen LogP contribution in [0.3, 0.4) is 0 Å². The van der Waals surface area contributed by atoms with E-state index in [1.807, 2.05) is 0 Å². The van der Waals surface area contributed by atoms with E-state index in [9.17, 15) is 13.6 Å². The predicted octanol–water partition coefficient (Wildman–Crippen LogP) is 1.97. The lowest BCUT2D eigenvalue weighted by Crippen LogP contribution is -2.36. The van der Waals surface area contributed by atoms with Gasteiger partial charge in [0.25, 0.3) is 0 Å². The summed E-state index contributed by atoms with van der Waals surface area (Å²) in [6, 6.07) is 0. The minimum atomic E-state index is -3.89. The molecule has 0 N–H and O–H groups in total. The Morgan fingerprint density at radius 3 is 2.31 bits per heavy atom. The number of hydrogen-bond donors (Lipinski definition) is 0. The summed E-state index contributed by atoms with van der Waals surface area (Å²) in [5.41, 5.74) is -0.565. The first-order chi connectivity index (χ1) is 7.25. The average molecular weight is 240 g/mol. The van der Waals surface area contributed by atoms with Gasteiger partial charge in [0.1, 0.15) is 0 Å². The Labute approximate surface area is 93.9 Å². The molecule has 0 aliphatic rings. The van der Waals surface area contributed by atoms with Gasteiger partial charge in [0.2, 0.25) is 0 Å². The number of carbonyl (C=O) groups excluding carboxylic acids is 1. The van der Waals surface area contributed by atoms with E-state index in [0.29, 0.717) is 0 Å². The zero-order valence-corrected chi connectivity index (χ0v) is 10.0. The van der Waals surface area contributed by atoms with Gasteiger partial charge in [-0.2, -0.15) is 8.78 Å². The summed E-state index contributed by atoms with van der Waals surface area (Å²) < 4.78 is 39.3. The van der Waals surface area contributed by atoms with Crippen LogP contribution in [-0.2, 0) is 19.0 Å². The van der Waals surface area contributed by atoms with Crippen molar-refractivity contribution in [3.8, 4) is 0 Å². The molecule has 0 saturated heterocycles. The lowest BCUT2D eigenvalue weighted by Gasteiger charge is -2.23. The second kappa shape index (κ2) is 6.10. The van der Waals surface area contributed by atoms with Gasteiger partial charge in [-0.25, -0.2) is 4.79 Å². The van der Waals surface area contributed by atoms with Crippen LogP contribution in [0.1, 0.15) is 27.2 Å². The molecule has 0 spiro atoms. The molecule has 0 heterocycles. The molecule has 0 fully saturated rings. The standard InChI is InChI=1S/C10H18F2O4/c1-5-15-8(13)10(11,12)16-7-6-9(2,3)14-4/h5-7H2,1-4H3. The van der Waals surface area contributed by atoms with Crippen molar-refractivity contribution >= 4 is 5.97 Å². The lowest BCUT2D eigenvalue weighted by atomic mass is 10.1. The molecule has 0 aromatic rings. The Morgan fingerprint density at radius 2 is 1.88 bits per heavy atom. The summed E-state index contributed by atoms with van der Waals surface area (Å²) in [6.07, 6.45) is -3.64. The van der Waals surface area contributed by atoms with E-state index in [1.165, 1.54) is 14.0 Å². The molecule has 0 bridgehead atoms. The van der Waals surface area contributed by atoms with Crippen molar-refractivity contribution in [2.75, 3.05) is 20.3 Å². The molecule has 0 rings (SSSR count). The van der Waals surface area contributed by atoms with E-state index >= 15 is 0 Å². The molecule has 0 unspecified atom stereocenters. The van der Waals surface area contributed by atoms with Crippen LogP contribution < -0.4 is 0 Å². The van der Waals surface area contributed by atoms with Crippen molar-refractivity contribution in [2.45, 2.75) is 38.9 Å². The van der Waals surface area contributed by atoms with Gasteiger partial charge in [0.05, 0.1) is 18.8 Å². The van der Waals surface area contributed by atoms with Crippen molar-refractivity contribution in [2.24, 2.45) is 0 Å². The monoisotopic (exact) mass is 240 g/mol. The third-order valence-electron chi connectivity index (χ3n) is 2.05. The number of halogens is 2. The van der Waals surface area contributed by atoms with Gasteiger partial charge in [0.15, 0.2) is 0 Å². The number of methoxy groups -OCH3 is 1. The van der Waals surface area contributed by atoms with Crippen LogP contribution in [0.15, 0.2) is 0 Å². The molecule has 4 nitrogen and oxygen atoms in total. The quantitative estimate of drug-likeness (QED) is 0.638. The Morgan fingerprint density at radius 1 is 1.31 bits per heavy atom. The molecule has 0 aliphatic heterocycles. The highest BCUT2D eigenvalue weighted by Gasteiger charge is 2.42. The third kappa shape index (κ3) is 5.37. The lowest BCUT2D eigenvalue weighted by molar-refractivity contribution is -0.252. The summed E-state index contributed by atoms with van der Waals surface area (Å²) in [5.74, 6) is -1.66. The minimum absolute atomic E-state index is 0.110. The maximum Gasteiger partial charge on any atom is 0.456 e. The SMILES string of the molecule is CCOC(=O)C(F)(F)OCCC(C)(C)OC. The maximum atomic E-state index is 12.9. The molecule has 0 saturated carbocycles. The second-order valence-electron chi connectivity index (χ2n) is 3.80. The van der Waals surface area contributed by atoms with Crippen LogP contribution >= 0.6 is 0 Å².